The third kappa shape index (κ3) is 4.10. The number of anilines is 2. The predicted molar refractivity (Wildman–Crippen MR) is 131 cm³/mol. The van der Waals surface area contributed by atoms with Crippen LogP contribution < -0.4 is 16.0 Å². The van der Waals surface area contributed by atoms with Gasteiger partial charge >= 0.3 is 0 Å². The number of hydrogen-bond donors (Lipinski definition) is 2. The maximum atomic E-state index is 5.67. The SMILES string of the molecule is C[C@@](c1ccc(-c2cnc(N)cn2)cc1)(c1noc(-c2cnc(N3CCNCC3)cn2)n1)C1CC1. The molecular formula is C25H27N9O. The van der Waals surface area contributed by atoms with E-state index in [9.17, 15) is 0 Å². The smallest absolute Gasteiger partial charge is 0.278 e. The van der Waals surface area contributed by atoms with Gasteiger partial charge in [-0.3, -0.25) is 4.98 Å². The van der Waals surface area contributed by atoms with E-state index in [2.05, 4.69) is 66.5 Å². The van der Waals surface area contributed by atoms with Gasteiger partial charge in [-0.05, 0) is 31.2 Å². The highest BCUT2D eigenvalue weighted by Crippen LogP contribution is 2.50. The van der Waals surface area contributed by atoms with Crippen molar-refractivity contribution in [2.75, 3.05) is 36.8 Å². The molecule has 0 amide bonds. The Bertz CT molecular complexity index is 1290. The summed E-state index contributed by atoms with van der Waals surface area (Å²) >= 11 is 0. The van der Waals surface area contributed by atoms with E-state index in [1.807, 2.05) is 0 Å². The zero-order valence-electron chi connectivity index (χ0n) is 19.6. The van der Waals surface area contributed by atoms with E-state index >= 15 is 0 Å². The van der Waals surface area contributed by atoms with Gasteiger partial charge < -0.3 is 20.5 Å². The Kier molecular flexibility index (Phi) is 5.37. The largest absolute Gasteiger partial charge is 0.382 e. The lowest BCUT2D eigenvalue weighted by atomic mass is 9.77. The number of nitrogen functional groups attached to an aromatic ring is 1. The first-order valence-electron chi connectivity index (χ1n) is 11.9. The highest BCUT2D eigenvalue weighted by atomic mass is 16.5. The van der Waals surface area contributed by atoms with E-state index in [0.717, 1.165) is 61.7 Å². The molecule has 0 radical (unpaired) electrons. The van der Waals surface area contributed by atoms with Crippen molar-refractivity contribution in [1.29, 1.82) is 0 Å². The summed E-state index contributed by atoms with van der Waals surface area (Å²) in [6, 6.07) is 8.34. The molecule has 35 heavy (non-hydrogen) atoms. The third-order valence-electron chi connectivity index (χ3n) is 7.03. The topological polar surface area (TPSA) is 132 Å². The van der Waals surface area contributed by atoms with Gasteiger partial charge in [-0.2, -0.15) is 4.98 Å². The van der Waals surface area contributed by atoms with Crippen LogP contribution in [-0.4, -0.2) is 56.3 Å². The number of nitrogens with two attached hydrogens (primary N) is 1. The third-order valence-corrected chi connectivity index (χ3v) is 7.03. The van der Waals surface area contributed by atoms with Gasteiger partial charge in [0.2, 0.25) is 0 Å². The van der Waals surface area contributed by atoms with E-state index in [4.69, 9.17) is 15.2 Å². The molecule has 1 saturated carbocycles. The maximum Gasteiger partial charge on any atom is 0.278 e. The van der Waals surface area contributed by atoms with Gasteiger partial charge in [0.25, 0.3) is 5.89 Å². The standard InChI is InChI=1S/C25H27N9O/c1-25(18-6-7-18,17-4-2-16(3-5-17)19-12-30-21(26)14-28-19)24-32-23(35-33-24)20-13-31-22(15-29-20)34-10-8-27-9-11-34/h2-5,12-15,18,27H,6-11H2,1H3,(H2,26,30)/t25-/m0/s1. The van der Waals surface area contributed by atoms with Crippen molar-refractivity contribution in [3.05, 3.63) is 60.4 Å². The molecule has 10 heteroatoms. The predicted octanol–water partition coefficient (Wildman–Crippen LogP) is 2.69. The molecule has 10 nitrogen and oxygen atoms in total. The van der Waals surface area contributed by atoms with Gasteiger partial charge in [0.05, 0.1) is 35.9 Å². The van der Waals surface area contributed by atoms with Crippen molar-refractivity contribution in [2.45, 2.75) is 25.2 Å². The highest BCUT2D eigenvalue weighted by molar-refractivity contribution is 5.60. The van der Waals surface area contributed by atoms with Crippen molar-refractivity contribution in [2.24, 2.45) is 5.92 Å². The van der Waals surface area contributed by atoms with Crippen LogP contribution in [0.3, 0.4) is 0 Å². The van der Waals surface area contributed by atoms with E-state index in [-0.39, 0.29) is 5.41 Å². The van der Waals surface area contributed by atoms with Crippen LogP contribution in [0.4, 0.5) is 11.6 Å². The molecule has 178 valence electrons. The summed E-state index contributed by atoms with van der Waals surface area (Å²) in [6.45, 7) is 5.93. The molecule has 2 fully saturated rings. The molecule has 0 bridgehead atoms. The normalized spacial score (nSPS) is 17.8. The molecule has 1 aliphatic heterocycles. The quantitative estimate of drug-likeness (QED) is 0.434. The van der Waals surface area contributed by atoms with Crippen LogP contribution in [0.25, 0.3) is 22.8 Å². The van der Waals surface area contributed by atoms with Crippen LogP contribution in [0.2, 0.25) is 0 Å². The van der Waals surface area contributed by atoms with Crippen LogP contribution in [0, 0.1) is 5.92 Å². The van der Waals surface area contributed by atoms with E-state index in [1.165, 1.54) is 0 Å². The van der Waals surface area contributed by atoms with Crippen molar-refractivity contribution >= 4 is 11.6 Å². The summed E-state index contributed by atoms with van der Waals surface area (Å²) in [5, 5.41) is 7.74. The molecule has 3 N–H and O–H groups in total. The van der Waals surface area contributed by atoms with Crippen LogP contribution in [0.5, 0.6) is 0 Å². The second kappa shape index (κ2) is 8.70. The van der Waals surface area contributed by atoms with E-state index in [1.54, 1.807) is 24.8 Å². The summed E-state index contributed by atoms with van der Waals surface area (Å²) < 4.78 is 5.67. The number of hydrogen-bond acceptors (Lipinski definition) is 10. The van der Waals surface area contributed by atoms with Crippen molar-refractivity contribution in [1.82, 2.24) is 35.4 Å². The average Bonchev–Trinajstić information content (AvgIpc) is 3.66. The molecule has 4 aromatic rings. The average molecular weight is 470 g/mol. The zero-order chi connectivity index (χ0) is 23.8. The van der Waals surface area contributed by atoms with Gasteiger partial charge in [-0.15, -0.1) is 0 Å². The fourth-order valence-corrected chi connectivity index (χ4v) is 4.71. The molecule has 4 heterocycles. The maximum absolute atomic E-state index is 5.67. The summed E-state index contributed by atoms with van der Waals surface area (Å²) in [6.07, 6.45) is 9.01. The number of piperazine rings is 1. The molecule has 0 unspecified atom stereocenters. The van der Waals surface area contributed by atoms with Crippen molar-refractivity contribution in [3.8, 4) is 22.8 Å². The van der Waals surface area contributed by atoms with Crippen molar-refractivity contribution in [3.63, 3.8) is 0 Å². The molecule has 1 atom stereocenters. The number of benzene rings is 1. The molecule has 1 aliphatic carbocycles. The molecule has 1 aromatic carbocycles. The Balaban J connectivity index is 1.26. The lowest BCUT2D eigenvalue weighted by molar-refractivity contribution is 0.386. The van der Waals surface area contributed by atoms with Crippen molar-refractivity contribution < 1.29 is 4.52 Å². The first-order valence-corrected chi connectivity index (χ1v) is 11.9. The van der Waals surface area contributed by atoms with Crippen LogP contribution in [0.1, 0.15) is 31.2 Å². The Hall–Kier alpha value is -3.92. The second-order valence-electron chi connectivity index (χ2n) is 9.30. The number of aromatic nitrogens is 6. The Morgan fingerprint density at radius 2 is 1.69 bits per heavy atom. The number of rotatable bonds is 6. The van der Waals surface area contributed by atoms with Crippen LogP contribution >= 0.6 is 0 Å². The fraction of sp³-hybridized carbons (Fsp3) is 0.360. The second-order valence-corrected chi connectivity index (χ2v) is 9.30. The first kappa shape index (κ1) is 21.6. The van der Waals surface area contributed by atoms with Gasteiger partial charge in [-0.1, -0.05) is 29.4 Å². The molecule has 1 saturated heterocycles. The Labute approximate surface area is 203 Å². The van der Waals surface area contributed by atoms with E-state index < -0.39 is 0 Å². The minimum atomic E-state index is -0.360. The molecule has 3 aromatic heterocycles. The molecule has 0 spiro atoms. The fourth-order valence-electron chi connectivity index (χ4n) is 4.71. The summed E-state index contributed by atoms with van der Waals surface area (Å²) in [7, 11) is 0. The minimum absolute atomic E-state index is 0.360. The first-order chi connectivity index (χ1) is 17.1. The van der Waals surface area contributed by atoms with Gasteiger partial charge in [0.1, 0.15) is 17.3 Å². The van der Waals surface area contributed by atoms with Crippen LogP contribution in [-0.2, 0) is 5.41 Å². The van der Waals surface area contributed by atoms with Gasteiger partial charge in [0, 0.05) is 31.7 Å². The van der Waals surface area contributed by atoms with Gasteiger partial charge in [0.15, 0.2) is 5.82 Å². The monoisotopic (exact) mass is 469 g/mol. The zero-order valence-corrected chi connectivity index (χ0v) is 19.6. The molecular weight excluding hydrogens is 442 g/mol. The molecule has 6 rings (SSSR count). The lowest BCUT2D eigenvalue weighted by Gasteiger charge is -2.27. The Morgan fingerprint density at radius 3 is 2.34 bits per heavy atom. The molecule has 2 aliphatic rings. The summed E-state index contributed by atoms with van der Waals surface area (Å²) in [5.74, 6) is 2.78. The lowest BCUT2D eigenvalue weighted by Crippen LogP contribution is -2.43. The highest BCUT2D eigenvalue weighted by Gasteiger charge is 2.47. The minimum Gasteiger partial charge on any atom is -0.382 e. The van der Waals surface area contributed by atoms with E-state index in [0.29, 0.717) is 29.1 Å². The number of nitrogens with zero attached hydrogens (tertiary/aromatic N) is 7. The van der Waals surface area contributed by atoms with Gasteiger partial charge in [-0.25, -0.2) is 15.0 Å². The summed E-state index contributed by atoms with van der Waals surface area (Å²) in [4.78, 5) is 24.7. The van der Waals surface area contributed by atoms with Crippen LogP contribution in [0.15, 0.2) is 53.6 Å². The summed E-state index contributed by atoms with van der Waals surface area (Å²) in [5.41, 5.74) is 8.79. The Morgan fingerprint density at radius 1 is 0.943 bits per heavy atom. The number of nitrogens with one attached hydrogen (secondary N) is 1.